The smallest absolute Gasteiger partial charge is 0.132 e. The Balaban J connectivity index is 2.43. The summed E-state index contributed by atoms with van der Waals surface area (Å²) >= 11 is 0. The molecular weight excluding hydrogens is 224 g/mol. The number of hydrogen-bond acceptors (Lipinski definition) is 3. The van der Waals surface area contributed by atoms with Gasteiger partial charge in [0.05, 0.1) is 13.2 Å². The van der Waals surface area contributed by atoms with Gasteiger partial charge >= 0.3 is 0 Å². The summed E-state index contributed by atoms with van der Waals surface area (Å²) in [6.45, 7) is 2.98. The highest BCUT2D eigenvalue weighted by Gasteiger charge is 2.36. The Labute approximate surface area is 109 Å². The Morgan fingerprint density at radius 2 is 2.33 bits per heavy atom. The van der Waals surface area contributed by atoms with Crippen LogP contribution in [0.15, 0.2) is 18.2 Å². The molecule has 1 N–H and O–H groups in total. The quantitative estimate of drug-likeness (QED) is 0.885. The van der Waals surface area contributed by atoms with E-state index in [1.165, 1.54) is 5.56 Å². The van der Waals surface area contributed by atoms with Gasteiger partial charge in [0, 0.05) is 0 Å². The van der Waals surface area contributed by atoms with Gasteiger partial charge in [-0.3, -0.25) is 5.32 Å². The molecule has 18 heavy (non-hydrogen) atoms. The van der Waals surface area contributed by atoms with Gasteiger partial charge in [-0.05, 0) is 55.5 Å². The van der Waals surface area contributed by atoms with Gasteiger partial charge in [0.15, 0.2) is 0 Å². The van der Waals surface area contributed by atoms with E-state index in [4.69, 9.17) is 4.74 Å². The van der Waals surface area contributed by atoms with Crippen molar-refractivity contribution in [1.29, 1.82) is 5.26 Å². The summed E-state index contributed by atoms with van der Waals surface area (Å²) in [5.41, 5.74) is 1.84. The molecule has 1 aromatic rings. The molecule has 1 aliphatic carbocycles. The topological polar surface area (TPSA) is 45.0 Å². The molecule has 0 aliphatic heterocycles. The number of nitrogens with one attached hydrogen (secondary N) is 1. The highest BCUT2D eigenvalue weighted by molar-refractivity contribution is 5.45. The molecule has 3 heteroatoms. The van der Waals surface area contributed by atoms with E-state index in [2.05, 4.69) is 24.4 Å². The van der Waals surface area contributed by atoms with E-state index < -0.39 is 5.54 Å². The summed E-state index contributed by atoms with van der Waals surface area (Å²) in [4.78, 5) is 0. The van der Waals surface area contributed by atoms with Gasteiger partial charge in [-0.1, -0.05) is 13.0 Å². The summed E-state index contributed by atoms with van der Waals surface area (Å²) in [6, 6.07) is 8.58. The lowest BCUT2D eigenvalue weighted by Crippen LogP contribution is -2.44. The minimum Gasteiger partial charge on any atom is -0.497 e. The molecule has 0 fully saturated rings. The third-order valence-electron chi connectivity index (χ3n) is 3.64. The number of aryl methyl sites for hydroxylation is 1. The van der Waals surface area contributed by atoms with E-state index in [1.54, 1.807) is 7.11 Å². The molecule has 96 valence electrons. The minimum atomic E-state index is -0.530. The third-order valence-corrected chi connectivity index (χ3v) is 3.64. The van der Waals surface area contributed by atoms with Crippen LogP contribution >= 0.6 is 0 Å². The number of fused-ring (bicyclic) bond motifs is 1. The van der Waals surface area contributed by atoms with Crippen LogP contribution in [-0.4, -0.2) is 13.7 Å². The van der Waals surface area contributed by atoms with E-state index in [-0.39, 0.29) is 0 Å². The van der Waals surface area contributed by atoms with Crippen LogP contribution in [0.1, 0.15) is 37.3 Å². The van der Waals surface area contributed by atoms with Crippen LogP contribution in [0.3, 0.4) is 0 Å². The standard InChI is InChI=1S/C15H20N2O/c1-3-9-17-15(11-16)8-4-5-12-6-7-13(18-2)10-14(12)15/h6-7,10,17H,3-5,8-9H2,1-2H3. The summed E-state index contributed by atoms with van der Waals surface area (Å²) in [5.74, 6) is 0.827. The van der Waals surface area contributed by atoms with Crippen LogP contribution < -0.4 is 10.1 Å². The Morgan fingerprint density at radius 1 is 1.50 bits per heavy atom. The second kappa shape index (κ2) is 5.41. The predicted octanol–water partition coefficient (Wildman–Crippen LogP) is 2.75. The molecule has 0 amide bonds. The van der Waals surface area contributed by atoms with Gasteiger partial charge in [0.1, 0.15) is 11.3 Å². The number of nitrogens with zero attached hydrogens (tertiary/aromatic N) is 1. The number of methoxy groups -OCH3 is 1. The van der Waals surface area contributed by atoms with Gasteiger partial charge in [0.25, 0.3) is 0 Å². The van der Waals surface area contributed by atoms with Gasteiger partial charge in [0.2, 0.25) is 0 Å². The zero-order valence-electron chi connectivity index (χ0n) is 11.1. The summed E-state index contributed by atoms with van der Waals surface area (Å²) in [6.07, 6.45) is 4.02. The number of benzene rings is 1. The van der Waals surface area contributed by atoms with Gasteiger partial charge in [-0.25, -0.2) is 0 Å². The summed E-state index contributed by atoms with van der Waals surface area (Å²) in [7, 11) is 1.66. The monoisotopic (exact) mass is 244 g/mol. The highest BCUT2D eigenvalue weighted by Crippen LogP contribution is 2.36. The number of hydrogen-bond donors (Lipinski definition) is 1. The molecule has 0 bridgehead atoms. The maximum atomic E-state index is 9.63. The van der Waals surface area contributed by atoms with Crippen molar-refractivity contribution in [3.8, 4) is 11.8 Å². The lowest BCUT2D eigenvalue weighted by atomic mass is 9.77. The summed E-state index contributed by atoms with van der Waals surface area (Å²) < 4.78 is 5.29. The predicted molar refractivity (Wildman–Crippen MR) is 71.5 cm³/mol. The van der Waals surface area contributed by atoms with E-state index in [0.717, 1.165) is 43.5 Å². The molecule has 3 nitrogen and oxygen atoms in total. The van der Waals surface area contributed by atoms with E-state index >= 15 is 0 Å². The van der Waals surface area contributed by atoms with Gasteiger partial charge in [-0.15, -0.1) is 0 Å². The van der Waals surface area contributed by atoms with E-state index in [0.29, 0.717) is 0 Å². The lowest BCUT2D eigenvalue weighted by Gasteiger charge is -2.34. The normalized spacial score (nSPS) is 22.1. The molecule has 2 rings (SSSR count). The molecule has 1 atom stereocenters. The van der Waals surface area contributed by atoms with Gasteiger partial charge < -0.3 is 4.74 Å². The molecule has 0 radical (unpaired) electrons. The van der Waals surface area contributed by atoms with Crippen LogP contribution in [0.25, 0.3) is 0 Å². The Kier molecular flexibility index (Phi) is 3.88. The third kappa shape index (κ3) is 2.21. The first-order valence-corrected chi connectivity index (χ1v) is 6.59. The van der Waals surface area contributed by atoms with E-state index in [9.17, 15) is 5.26 Å². The van der Waals surface area contributed by atoms with Crippen LogP contribution in [0, 0.1) is 11.3 Å². The van der Waals surface area contributed by atoms with Crippen molar-refractivity contribution in [2.24, 2.45) is 0 Å². The minimum absolute atomic E-state index is 0.530. The van der Waals surface area contributed by atoms with Gasteiger partial charge in [-0.2, -0.15) is 5.26 Å². The fourth-order valence-corrected chi connectivity index (χ4v) is 2.65. The SMILES string of the molecule is CCCNC1(C#N)CCCc2ccc(OC)cc21. The largest absolute Gasteiger partial charge is 0.497 e. The second-order valence-electron chi connectivity index (χ2n) is 4.82. The van der Waals surface area contributed by atoms with Crippen molar-refractivity contribution in [2.75, 3.05) is 13.7 Å². The molecule has 1 aromatic carbocycles. The zero-order valence-corrected chi connectivity index (χ0v) is 11.1. The molecule has 0 spiro atoms. The zero-order chi connectivity index (χ0) is 13.0. The average Bonchev–Trinajstić information content (AvgIpc) is 2.44. The number of rotatable bonds is 4. The van der Waals surface area contributed by atoms with Crippen LogP contribution in [0.4, 0.5) is 0 Å². The fraction of sp³-hybridized carbons (Fsp3) is 0.533. The number of nitriles is 1. The van der Waals surface area contributed by atoms with Crippen LogP contribution in [-0.2, 0) is 12.0 Å². The maximum Gasteiger partial charge on any atom is 0.132 e. The summed E-state index contributed by atoms with van der Waals surface area (Å²) in [5, 5.41) is 13.1. The highest BCUT2D eigenvalue weighted by atomic mass is 16.5. The Morgan fingerprint density at radius 3 is 3.00 bits per heavy atom. The van der Waals surface area contributed by atoms with Crippen molar-refractivity contribution in [1.82, 2.24) is 5.32 Å². The molecule has 0 saturated heterocycles. The fourth-order valence-electron chi connectivity index (χ4n) is 2.65. The van der Waals surface area contributed by atoms with Crippen LogP contribution in [0.2, 0.25) is 0 Å². The van der Waals surface area contributed by atoms with E-state index in [1.807, 2.05) is 12.1 Å². The van der Waals surface area contributed by atoms with Crippen molar-refractivity contribution in [2.45, 2.75) is 38.1 Å². The Hall–Kier alpha value is -1.53. The van der Waals surface area contributed by atoms with Crippen LogP contribution in [0.5, 0.6) is 5.75 Å². The maximum absolute atomic E-state index is 9.63. The second-order valence-corrected chi connectivity index (χ2v) is 4.82. The Bertz CT molecular complexity index is 464. The molecule has 1 unspecified atom stereocenters. The molecule has 0 saturated carbocycles. The first kappa shape index (κ1) is 12.9. The van der Waals surface area contributed by atoms with Crippen molar-refractivity contribution >= 4 is 0 Å². The molecule has 1 aliphatic rings. The van der Waals surface area contributed by atoms with Crippen molar-refractivity contribution in [3.63, 3.8) is 0 Å². The first-order valence-electron chi connectivity index (χ1n) is 6.59. The molecule has 0 heterocycles. The van der Waals surface area contributed by atoms with Crippen molar-refractivity contribution < 1.29 is 4.74 Å². The average molecular weight is 244 g/mol. The lowest BCUT2D eigenvalue weighted by molar-refractivity contribution is 0.361. The molecular formula is C15H20N2O. The number of ether oxygens (including phenoxy) is 1. The first-order chi connectivity index (χ1) is 8.75. The van der Waals surface area contributed by atoms with Crippen molar-refractivity contribution in [3.05, 3.63) is 29.3 Å². The molecule has 0 aromatic heterocycles.